The maximum atomic E-state index is 14.1. The van der Waals surface area contributed by atoms with Gasteiger partial charge < -0.3 is 14.2 Å². The van der Waals surface area contributed by atoms with E-state index < -0.39 is 12.0 Å². The molecule has 1 aromatic heterocycles. The summed E-state index contributed by atoms with van der Waals surface area (Å²) in [4.78, 5) is 32.8. The molecule has 40 heavy (non-hydrogen) atoms. The number of benzene rings is 2. The number of halogens is 3. The van der Waals surface area contributed by atoms with Crippen molar-refractivity contribution in [1.82, 2.24) is 4.57 Å². The number of rotatable bonds is 9. The number of methoxy groups -OCH3 is 1. The molecule has 0 aliphatic carbocycles. The minimum Gasteiger partial charge on any atom is -0.496 e. The minimum atomic E-state index is -0.810. The van der Waals surface area contributed by atoms with Gasteiger partial charge in [0.25, 0.3) is 5.56 Å². The predicted octanol–water partition coefficient (Wildman–Crippen LogP) is 6.24. The van der Waals surface area contributed by atoms with E-state index in [0.29, 0.717) is 43.4 Å². The van der Waals surface area contributed by atoms with Crippen molar-refractivity contribution in [2.75, 3.05) is 13.7 Å². The van der Waals surface area contributed by atoms with E-state index in [-0.39, 0.29) is 18.3 Å². The Labute approximate surface area is 269 Å². The summed E-state index contributed by atoms with van der Waals surface area (Å²) < 4.78 is 21.1. The van der Waals surface area contributed by atoms with Crippen LogP contribution in [0.15, 0.2) is 51.4 Å². The molecule has 1 atom stereocenters. The van der Waals surface area contributed by atoms with E-state index >= 15 is 0 Å². The first-order valence-corrected chi connectivity index (χ1v) is 16.2. The van der Waals surface area contributed by atoms with Crippen LogP contribution >= 0.6 is 68.1 Å². The molecule has 3 aromatic rings. The molecule has 0 amide bonds. The van der Waals surface area contributed by atoms with Crippen molar-refractivity contribution in [3.63, 3.8) is 0 Å². The summed E-state index contributed by atoms with van der Waals surface area (Å²) in [7, 11) is 1.55. The number of aromatic nitrogens is 1. The summed E-state index contributed by atoms with van der Waals surface area (Å²) in [6, 6.07) is 8.35. The summed E-state index contributed by atoms with van der Waals surface area (Å²) in [6.07, 6.45) is 3.21. The van der Waals surface area contributed by atoms with Gasteiger partial charge in [-0.3, -0.25) is 9.36 Å². The lowest BCUT2D eigenvalue weighted by atomic mass is 9.93. The van der Waals surface area contributed by atoms with Crippen LogP contribution in [0.2, 0.25) is 5.02 Å². The first-order chi connectivity index (χ1) is 19.1. The highest BCUT2D eigenvalue weighted by Gasteiger charge is 2.36. The van der Waals surface area contributed by atoms with Crippen molar-refractivity contribution in [3.05, 3.63) is 84.6 Å². The van der Waals surface area contributed by atoms with Gasteiger partial charge in [0.2, 0.25) is 0 Å². The molecule has 11 heteroatoms. The highest BCUT2D eigenvalue weighted by molar-refractivity contribution is 14.1. The molecule has 212 valence electrons. The summed E-state index contributed by atoms with van der Waals surface area (Å²) in [5, 5.41) is 0.461. The van der Waals surface area contributed by atoms with Crippen molar-refractivity contribution >= 4 is 80.2 Å². The van der Waals surface area contributed by atoms with Crippen LogP contribution in [0.4, 0.5) is 0 Å². The average molecular weight is 807 g/mol. The van der Waals surface area contributed by atoms with Gasteiger partial charge in [-0.15, -0.1) is 0 Å². The standard InChI is InChI=1S/C29H29ClI2N2O5S/c1-6-8-21-24(28(36)38-7-2)25(18-14-17(30)9-10-22(18)37-5)34-27(35)23(40-29(34)33-21)13-16-11-19(31)26(20(32)12-16)39-15(3)4/h9-15,25H,6-8H2,1-5H3/b23-13+/t25-/m1/s1. The fraction of sp³-hybridized carbons (Fsp3) is 0.345. The third-order valence-electron chi connectivity index (χ3n) is 6.05. The van der Waals surface area contributed by atoms with E-state index in [0.717, 1.165) is 24.9 Å². The molecular weight excluding hydrogens is 778 g/mol. The number of hydrogen-bond donors (Lipinski definition) is 0. The normalized spacial score (nSPS) is 15.2. The molecule has 2 aromatic carbocycles. The fourth-order valence-corrected chi connectivity index (χ4v) is 7.77. The summed E-state index contributed by atoms with van der Waals surface area (Å²) >= 11 is 12.2. The van der Waals surface area contributed by atoms with Gasteiger partial charge in [-0.2, -0.15) is 0 Å². The van der Waals surface area contributed by atoms with Crippen molar-refractivity contribution in [2.45, 2.75) is 52.7 Å². The van der Waals surface area contributed by atoms with E-state index in [2.05, 4.69) is 45.2 Å². The Balaban J connectivity index is 2.00. The average Bonchev–Trinajstić information content (AvgIpc) is 3.20. The van der Waals surface area contributed by atoms with Crippen molar-refractivity contribution in [3.8, 4) is 11.5 Å². The number of allylic oxidation sites excluding steroid dienone is 1. The SMILES string of the molecule is CCCC1=C(C(=O)OCC)[C@@H](c2cc(Cl)ccc2OC)n2c(s/c(=C/c3cc(I)c(OC(C)C)c(I)c3)c2=O)=N1. The predicted molar refractivity (Wildman–Crippen MR) is 175 cm³/mol. The molecule has 0 spiro atoms. The van der Waals surface area contributed by atoms with Crippen LogP contribution in [0.1, 0.15) is 57.7 Å². The number of thiazole rings is 1. The zero-order chi connectivity index (χ0) is 29.1. The molecule has 0 fully saturated rings. The van der Waals surface area contributed by atoms with E-state index in [4.69, 9.17) is 30.8 Å². The summed E-state index contributed by atoms with van der Waals surface area (Å²) in [6.45, 7) is 7.94. The molecule has 0 N–H and O–H groups in total. The second-order valence-corrected chi connectivity index (χ2v) is 13.1. The van der Waals surface area contributed by atoms with Gasteiger partial charge in [0.05, 0.1) is 42.8 Å². The fourth-order valence-electron chi connectivity index (χ4n) is 4.50. The lowest BCUT2D eigenvalue weighted by Crippen LogP contribution is -2.40. The van der Waals surface area contributed by atoms with Crippen LogP contribution in [0.3, 0.4) is 0 Å². The van der Waals surface area contributed by atoms with Crippen molar-refractivity contribution in [1.29, 1.82) is 0 Å². The molecular formula is C29H29ClI2N2O5S. The second kappa shape index (κ2) is 13.4. The molecule has 0 saturated carbocycles. The molecule has 1 aliphatic rings. The highest BCUT2D eigenvalue weighted by atomic mass is 127. The van der Waals surface area contributed by atoms with Gasteiger partial charge in [0.1, 0.15) is 17.5 Å². The Morgan fingerprint density at radius 1 is 1.20 bits per heavy atom. The topological polar surface area (TPSA) is 79.1 Å². The zero-order valence-corrected chi connectivity index (χ0v) is 28.6. The zero-order valence-electron chi connectivity index (χ0n) is 22.7. The molecule has 0 saturated heterocycles. The van der Waals surface area contributed by atoms with Gasteiger partial charge >= 0.3 is 5.97 Å². The first-order valence-electron chi connectivity index (χ1n) is 12.8. The number of ether oxygens (including phenoxy) is 3. The number of esters is 1. The van der Waals surface area contributed by atoms with E-state index in [1.54, 1.807) is 36.8 Å². The van der Waals surface area contributed by atoms with Gasteiger partial charge in [-0.1, -0.05) is 36.3 Å². The summed E-state index contributed by atoms with van der Waals surface area (Å²) in [5.41, 5.74) is 2.11. The smallest absolute Gasteiger partial charge is 0.338 e. The quantitative estimate of drug-likeness (QED) is 0.189. The molecule has 1 aliphatic heterocycles. The lowest BCUT2D eigenvalue weighted by Gasteiger charge is -2.27. The van der Waals surface area contributed by atoms with Gasteiger partial charge in [-0.05, 0) is 114 Å². The number of carbonyl (C=O) groups excluding carboxylic acids is 1. The van der Waals surface area contributed by atoms with Gasteiger partial charge in [0.15, 0.2) is 4.80 Å². The van der Waals surface area contributed by atoms with Gasteiger partial charge in [-0.25, -0.2) is 9.79 Å². The number of hydrogen-bond acceptors (Lipinski definition) is 7. The molecule has 0 radical (unpaired) electrons. The van der Waals surface area contributed by atoms with Crippen LogP contribution in [-0.2, 0) is 9.53 Å². The molecule has 2 heterocycles. The largest absolute Gasteiger partial charge is 0.496 e. The molecule has 0 unspecified atom stereocenters. The van der Waals surface area contributed by atoms with E-state index in [9.17, 15) is 9.59 Å². The van der Waals surface area contributed by atoms with Crippen molar-refractivity contribution in [2.24, 2.45) is 4.99 Å². The summed E-state index contributed by atoms with van der Waals surface area (Å²) in [5.74, 6) is 0.820. The number of nitrogens with zero attached hydrogens (tertiary/aromatic N) is 2. The van der Waals surface area contributed by atoms with E-state index in [1.807, 2.05) is 39.0 Å². The Morgan fingerprint density at radius 3 is 2.50 bits per heavy atom. The molecule has 4 rings (SSSR count). The monoisotopic (exact) mass is 806 g/mol. The van der Waals surface area contributed by atoms with Crippen LogP contribution in [0, 0.1) is 7.14 Å². The van der Waals surface area contributed by atoms with Crippen LogP contribution in [0.5, 0.6) is 11.5 Å². The maximum Gasteiger partial charge on any atom is 0.338 e. The Hall–Kier alpha value is -1.90. The van der Waals surface area contributed by atoms with Gasteiger partial charge in [0, 0.05) is 10.6 Å². The van der Waals surface area contributed by atoms with E-state index in [1.165, 1.54) is 11.3 Å². The minimum absolute atomic E-state index is 0.0472. The highest BCUT2D eigenvalue weighted by Crippen LogP contribution is 2.38. The van der Waals surface area contributed by atoms with Crippen LogP contribution in [-0.4, -0.2) is 30.4 Å². The van der Waals surface area contributed by atoms with Crippen LogP contribution < -0.4 is 24.4 Å². The molecule has 7 nitrogen and oxygen atoms in total. The maximum absolute atomic E-state index is 14.1. The Kier molecular flexibility index (Phi) is 10.4. The number of carbonyl (C=O) groups is 1. The first kappa shape index (κ1) is 31.0. The Bertz CT molecular complexity index is 1640. The Morgan fingerprint density at radius 2 is 1.90 bits per heavy atom. The lowest BCUT2D eigenvalue weighted by molar-refractivity contribution is -0.139. The number of fused-ring (bicyclic) bond motifs is 1. The van der Waals surface area contributed by atoms with Crippen molar-refractivity contribution < 1.29 is 19.0 Å². The third kappa shape index (κ3) is 6.44. The third-order valence-corrected chi connectivity index (χ3v) is 8.87. The molecule has 0 bridgehead atoms. The second-order valence-electron chi connectivity index (χ2n) is 9.28. The van der Waals surface area contributed by atoms with Crippen LogP contribution in [0.25, 0.3) is 6.08 Å².